The minimum atomic E-state index is -1.05. The fourth-order valence-electron chi connectivity index (χ4n) is 11.0. The number of benzene rings is 5. The summed E-state index contributed by atoms with van der Waals surface area (Å²) in [5.74, 6) is -4.33. The lowest BCUT2D eigenvalue weighted by molar-refractivity contribution is -0.146. The van der Waals surface area contributed by atoms with E-state index >= 15 is 0 Å². The van der Waals surface area contributed by atoms with Gasteiger partial charge in [0, 0.05) is 54.6 Å². The Morgan fingerprint density at radius 1 is 0.534 bits per heavy atom. The Bertz CT molecular complexity index is 2930. The zero-order valence-corrected chi connectivity index (χ0v) is 52.7. The maximum Gasteiger partial charge on any atom is 0.251 e. The van der Waals surface area contributed by atoms with E-state index in [1.165, 1.54) is 34.1 Å². The molecule has 2 aliphatic rings. The molecule has 0 aromatic heterocycles. The van der Waals surface area contributed by atoms with Crippen LogP contribution in [0.5, 0.6) is 0 Å². The molecule has 10 atom stereocenters. The highest BCUT2D eigenvalue weighted by Gasteiger charge is 2.48. The van der Waals surface area contributed by atoms with Crippen molar-refractivity contribution in [3.8, 4) is 0 Å². The van der Waals surface area contributed by atoms with Gasteiger partial charge < -0.3 is 51.2 Å². The molecule has 7 rings (SSSR count). The average molecular weight is 1200 g/mol. The summed E-state index contributed by atoms with van der Waals surface area (Å²) in [5.41, 5.74) is 2.52. The molecular weight excluding hydrogens is 1110 g/mol. The van der Waals surface area contributed by atoms with Gasteiger partial charge in [-0.1, -0.05) is 177 Å². The minimum Gasteiger partial charge on any atom is -0.374 e. The molecule has 2 aliphatic heterocycles. The van der Waals surface area contributed by atoms with Crippen LogP contribution in [0, 0.1) is 22.7 Å². The maximum atomic E-state index is 14.9. The molecule has 88 heavy (non-hydrogen) atoms. The van der Waals surface area contributed by atoms with Gasteiger partial charge in [-0.3, -0.25) is 38.4 Å². The number of hydrogen-bond donors (Lipinski definition) is 6. The summed E-state index contributed by atoms with van der Waals surface area (Å²) >= 11 is 0. The van der Waals surface area contributed by atoms with Crippen LogP contribution < -0.4 is 31.9 Å². The second kappa shape index (κ2) is 31.2. The van der Waals surface area contributed by atoms with Crippen molar-refractivity contribution in [1.29, 1.82) is 0 Å². The molecule has 0 saturated carbocycles. The van der Waals surface area contributed by atoms with Crippen LogP contribution in [0.1, 0.15) is 143 Å². The first-order chi connectivity index (χ1) is 41.9. The molecule has 18 nitrogen and oxygen atoms in total. The van der Waals surface area contributed by atoms with Crippen LogP contribution in [-0.4, -0.2) is 127 Å². The fraction of sp³-hybridized carbons (Fsp3) is 0.457. The SMILES string of the molecule is CC[C@@H](C)C(=O)N[C@H](C(=O)N1C[C@@H](NC(=O)c2ccc(C(=O)N[C@H]3C[C@@H](C(=O)N[C@@H](COCc4ccccc4)c4ccccc4)N(C(=O)[C@@H](CC(=O)[C@H](C)NC)C(C)(C)C)C3)cc2)C[C@H]1C(=O)N[C@@H](COCc1ccccc1)c1ccccc1)C(C)(C)C. The molecule has 470 valence electrons. The molecule has 2 saturated heterocycles. The lowest BCUT2D eigenvalue weighted by Gasteiger charge is -2.36. The zero-order chi connectivity index (χ0) is 63.7. The molecule has 5 aromatic rings. The van der Waals surface area contributed by atoms with Crippen LogP contribution in [0.4, 0.5) is 0 Å². The van der Waals surface area contributed by atoms with E-state index in [0.29, 0.717) is 19.6 Å². The van der Waals surface area contributed by atoms with E-state index in [4.69, 9.17) is 9.47 Å². The van der Waals surface area contributed by atoms with E-state index in [2.05, 4.69) is 31.9 Å². The summed E-state index contributed by atoms with van der Waals surface area (Å²) in [6.07, 6.45) is 0.632. The number of Topliss-reactive ketones (excluding diaryl/α,β-unsaturated/α-hetero) is 1. The van der Waals surface area contributed by atoms with Crippen molar-refractivity contribution in [1.82, 2.24) is 41.7 Å². The van der Waals surface area contributed by atoms with E-state index in [9.17, 15) is 38.4 Å². The Kier molecular flexibility index (Phi) is 23.9. The van der Waals surface area contributed by atoms with Gasteiger partial charge in [0.1, 0.15) is 23.9 Å². The van der Waals surface area contributed by atoms with Crippen molar-refractivity contribution >= 4 is 47.1 Å². The van der Waals surface area contributed by atoms with Gasteiger partial charge >= 0.3 is 0 Å². The van der Waals surface area contributed by atoms with E-state index in [0.717, 1.165) is 22.3 Å². The standard InChI is InChI=1S/C70H90N8O10/c1-11-45(2)62(80)76-61(70(7,8)9)68(86)78-40-54(37-59(78)66(84)75-57(50-30-22-15-23-31-50)44-88-42-48-26-18-13-19-27-48)73-64(82)52-34-32-51(33-35-52)63(81)72-53-36-58(77(39-53)67(85)55(69(4,5)6)38-60(79)46(3)71-10)65(83)74-56(49-28-20-14-21-29-49)43-87-41-47-24-16-12-17-25-47/h12-35,45-46,53-59,61,71H,11,36-44H2,1-10H3,(H,72,81)(H,73,82)(H,74,83)(H,75,84)(H,76,80)/t45-,46+,53+,54+,55-,56+,57+,58+,59+,61-/m1/s1. The van der Waals surface area contributed by atoms with Crippen LogP contribution in [0.25, 0.3) is 0 Å². The highest BCUT2D eigenvalue weighted by molar-refractivity contribution is 5.99. The third kappa shape index (κ3) is 18.5. The second-order valence-corrected chi connectivity index (χ2v) is 25.6. The Balaban J connectivity index is 1.08. The quantitative estimate of drug-likeness (QED) is 0.0295. The van der Waals surface area contributed by atoms with Crippen LogP contribution >= 0.6 is 0 Å². The summed E-state index contributed by atoms with van der Waals surface area (Å²) in [6.45, 7) is 17.5. The molecule has 5 aromatic carbocycles. The summed E-state index contributed by atoms with van der Waals surface area (Å²) < 4.78 is 12.3. The molecule has 2 heterocycles. The Hall–Kier alpha value is -8.06. The highest BCUT2D eigenvalue weighted by Crippen LogP contribution is 2.35. The predicted molar refractivity (Wildman–Crippen MR) is 338 cm³/mol. The number of carbonyl (C=O) groups excluding carboxylic acids is 8. The molecular formula is C70H90N8O10. The first-order valence-electron chi connectivity index (χ1n) is 30.7. The van der Waals surface area contributed by atoms with Crippen molar-refractivity contribution in [2.24, 2.45) is 22.7 Å². The van der Waals surface area contributed by atoms with Crippen molar-refractivity contribution < 1.29 is 47.8 Å². The number of amides is 7. The van der Waals surface area contributed by atoms with Crippen molar-refractivity contribution in [3.63, 3.8) is 0 Å². The minimum absolute atomic E-state index is 0.0123. The third-order valence-corrected chi connectivity index (χ3v) is 16.8. The van der Waals surface area contributed by atoms with Gasteiger partial charge in [0.05, 0.1) is 44.6 Å². The predicted octanol–water partition coefficient (Wildman–Crippen LogP) is 8.04. The second-order valence-electron chi connectivity index (χ2n) is 25.6. The van der Waals surface area contributed by atoms with Gasteiger partial charge in [0.15, 0.2) is 0 Å². The summed E-state index contributed by atoms with van der Waals surface area (Å²) in [4.78, 5) is 117. The number of likely N-dealkylation sites (tertiary alicyclic amines) is 2. The maximum absolute atomic E-state index is 14.9. The number of nitrogens with one attached hydrogen (secondary N) is 6. The highest BCUT2D eigenvalue weighted by atomic mass is 16.5. The summed E-state index contributed by atoms with van der Waals surface area (Å²) in [7, 11) is 1.68. The van der Waals surface area contributed by atoms with Crippen LogP contribution in [0.2, 0.25) is 0 Å². The number of carbonyl (C=O) groups is 8. The van der Waals surface area contributed by atoms with Gasteiger partial charge in [-0.2, -0.15) is 0 Å². The topological polar surface area (TPSA) is 234 Å². The molecule has 7 amide bonds. The van der Waals surface area contributed by atoms with Crippen LogP contribution in [0.3, 0.4) is 0 Å². The van der Waals surface area contributed by atoms with Crippen LogP contribution in [0.15, 0.2) is 146 Å². The van der Waals surface area contributed by atoms with E-state index in [1.807, 2.05) is 170 Å². The van der Waals surface area contributed by atoms with Gasteiger partial charge in [-0.15, -0.1) is 0 Å². The van der Waals surface area contributed by atoms with Crippen molar-refractivity contribution in [3.05, 3.63) is 179 Å². The van der Waals surface area contributed by atoms with Crippen molar-refractivity contribution in [2.45, 2.75) is 150 Å². The van der Waals surface area contributed by atoms with Gasteiger partial charge in [-0.05, 0) is 90.6 Å². The number of ether oxygens (including phenoxy) is 2. The molecule has 18 heteroatoms. The largest absolute Gasteiger partial charge is 0.374 e. The smallest absolute Gasteiger partial charge is 0.251 e. The first kappa shape index (κ1) is 67.4. The average Bonchev–Trinajstić information content (AvgIpc) is 4.16. The molecule has 0 radical (unpaired) electrons. The molecule has 0 unspecified atom stereocenters. The van der Waals surface area contributed by atoms with Crippen molar-refractivity contribution in [2.75, 3.05) is 33.4 Å². The lowest BCUT2D eigenvalue weighted by atomic mass is 9.76. The molecule has 2 fully saturated rings. The summed E-state index contributed by atoms with van der Waals surface area (Å²) in [6, 6.07) is 38.1. The number of nitrogens with zero attached hydrogens (tertiary/aromatic N) is 2. The van der Waals surface area contributed by atoms with E-state index in [-0.39, 0.29) is 80.2 Å². The van der Waals surface area contributed by atoms with Gasteiger partial charge in [0.25, 0.3) is 11.8 Å². The molecule has 0 spiro atoms. The fourth-order valence-corrected chi connectivity index (χ4v) is 11.0. The number of likely N-dealkylation sites (N-methyl/N-ethyl adjacent to an activating group) is 1. The van der Waals surface area contributed by atoms with Gasteiger partial charge in [-0.25, -0.2) is 0 Å². The number of ketones is 1. The van der Waals surface area contributed by atoms with Gasteiger partial charge in [0.2, 0.25) is 29.5 Å². The first-order valence-corrected chi connectivity index (χ1v) is 30.7. The number of hydrogen-bond acceptors (Lipinski definition) is 11. The monoisotopic (exact) mass is 1200 g/mol. The molecule has 0 aliphatic carbocycles. The number of rotatable bonds is 27. The van der Waals surface area contributed by atoms with E-state index < -0.39 is 94.6 Å². The molecule has 6 N–H and O–H groups in total. The Morgan fingerprint density at radius 2 is 0.932 bits per heavy atom. The normalized spacial score (nSPS) is 18.8. The molecule has 0 bridgehead atoms. The third-order valence-electron chi connectivity index (χ3n) is 16.8. The van der Waals surface area contributed by atoms with Crippen LogP contribution in [-0.2, 0) is 51.5 Å². The summed E-state index contributed by atoms with van der Waals surface area (Å²) in [5, 5.41) is 18.3. The lowest BCUT2D eigenvalue weighted by Crippen LogP contribution is -2.58. The zero-order valence-electron chi connectivity index (χ0n) is 52.7. The Morgan fingerprint density at radius 3 is 1.31 bits per heavy atom. The van der Waals surface area contributed by atoms with E-state index in [1.54, 1.807) is 20.9 Å². The Labute approximate surface area is 519 Å².